The van der Waals surface area contributed by atoms with Gasteiger partial charge in [0.2, 0.25) is 5.91 Å². The van der Waals surface area contributed by atoms with Crippen LogP contribution >= 0.6 is 27.3 Å². The van der Waals surface area contributed by atoms with Crippen LogP contribution in [0.1, 0.15) is 10.4 Å². The number of carbonyl (C=O) groups is 1. The Bertz CT molecular complexity index is 612. The molecule has 0 aliphatic rings. The van der Waals surface area contributed by atoms with E-state index >= 15 is 0 Å². The Morgan fingerprint density at radius 3 is 3.05 bits per heavy atom. The summed E-state index contributed by atoms with van der Waals surface area (Å²) in [5.41, 5.74) is 3.30. The molecule has 4 nitrogen and oxygen atoms in total. The Morgan fingerprint density at radius 1 is 1.50 bits per heavy atom. The zero-order valence-corrected chi connectivity index (χ0v) is 13.2. The lowest BCUT2D eigenvalue weighted by Gasteiger charge is -2.04. The highest BCUT2D eigenvalue weighted by Crippen LogP contribution is 2.21. The molecular weight excluding hydrogens is 340 g/mol. The van der Waals surface area contributed by atoms with Gasteiger partial charge in [0, 0.05) is 14.9 Å². The number of halogens is 1. The third kappa shape index (κ3) is 4.18. The molecule has 0 unspecified atom stereocenters. The van der Waals surface area contributed by atoms with Crippen molar-refractivity contribution in [1.29, 1.82) is 0 Å². The van der Waals surface area contributed by atoms with Crippen LogP contribution in [0.5, 0.6) is 5.75 Å². The van der Waals surface area contributed by atoms with E-state index in [9.17, 15) is 4.79 Å². The lowest BCUT2D eigenvalue weighted by molar-refractivity contribution is -0.120. The number of methoxy groups -OCH3 is 1. The van der Waals surface area contributed by atoms with E-state index in [-0.39, 0.29) is 5.91 Å². The first kappa shape index (κ1) is 14.7. The number of rotatable bonds is 5. The van der Waals surface area contributed by atoms with E-state index in [1.54, 1.807) is 24.7 Å². The summed E-state index contributed by atoms with van der Waals surface area (Å²) < 4.78 is 6.14. The summed E-state index contributed by atoms with van der Waals surface area (Å²) in [5.74, 6) is 0.558. The summed E-state index contributed by atoms with van der Waals surface area (Å²) in [7, 11) is 1.59. The smallest absolute Gasteiger partial charge is 0.245 e. The lowest BCUT2D eigenvalue weighted by atomic mass is 10.2. The first-order valence-corrected chi connectivity index (χ1v) is 7.54. The van der Waals surface area contributed by atoms with Crippen molar-refractivity contribution in [3.8, 4) is 5.75 Å². The van der Waals surface area contributed by atoms with Gasteiger partial charge in [-0.05, 0) is 29.6 Å². The van der Waals surface area contributed by atoms with Gasteiger partial charge in [-0.15, -0.1) is 11.3 Å². The fraction of sp³-hybridized carbons (Fsp3) is 0.143. The number of hydrazone groups is 1. The minimum Gasteiger partial charge on any atom is -0.496 e. The highest BCUT2D eigenvalue weighted by atomic mass is 79.9. The summed E-state index contributed by atoms with van der Waals surface area (Å²) in [4.78, 5) is 12.7. The van der Waals surface area contributed by atoms with Crippen molar-refractivity contribution in [1.82, 2.24) is 5.43 Å². The normalized spacial score (nSPS) is 10.7. The largest absolute Gasteiger partial charge is 0.496 e. The molecule has 0 saturated heterocycles. The average Bonchev–Trinajstić information content (AvgIpc) is 2.92. The van der Waals surface area contributed by atoms with Crippen LogP contribution in [0.4, 0.5) is 0 Å². The summed E-state index contributed by atoms with van der Waals surface area (Å²) in [5, 5.41) is 5.89. The van der Waals surface area contributed by atoms with Gasteiger partial charge >= 0.3 is 0 Å². The molecule has 20 heavy (non-hydrogen) atoms. The van der Waals surface area contributed by atoms with E-state index in [2.05, 4.69) is 26.5 Å². The fourth-order valence-corrected chi connectivity index (χ4v) is 2.67. The molecule has 0 fully saturated rings. The Hall–Kier alpha value is -1.66. The van der Waals surface area contributed by atoms with Crippen molar-refractivity contribution in [2.75, 3.05) is 7.11 Å². The molecule has 1 aromatic carbocycles. The molecule has 6 heteroatoms. The SMILES string of the molecule is COc1ccc(Br)cc1/C=N/NC(=O)Cc1cccs1. The number of benzene rings is 1. The van der Waals surface area contributed by atoms with Crippen molar-refractivity contribution >= 4 is 39.4 Å². The number of hydrogen-bond donors (Lipinski definition) is 1. The molecule has 1 aromatic heterocycles. The molecule has 0 saturated carbocycles. The number of nitrogens with one attached hydrogen (secondary N) is 1. The number of thiophene rings is 1. The number of carbonyl (C=O) groups excluding carboxylic acids is 1. The summed E-state index contributed by atoms with van der Waals surface area (Å²) in [6.07, 6.45) is 1.90. The van der Waals surface area contributed by atoms with Crippen LogP contribution in [0.25, 0.3) is 0 Å². The predicted octanol–water partition coefficient (Wildman–Crippen LogP) is 3.21. The van der Waals surface area contributed by atoms with Crippen LogP contribution in [0.3, 0.4) is 0 Å². The maximum Gasteiger partial charge on any atom is 0.245 e. The van der Waals surface area contributed by atoms with Gasteiger partial charge in [-0.2, -0.15) is 5.10 Å². The Labute approximate surface area is 129 Å². The first-order valence-electron chi connectivity index (χ1n) is 5.87. The minimum absolute atomic E-state index is 0.141. The van der Waals surface area contributed by atoms with Crippen LogP contribution in [0.15, 0.2) is 45.3 Å². The molecule has 0 aliphatic carbocycles. The van der Waals surface area contributed by atoms with Crippen LogP contribution in [0, 0.1) is 0 Å². The molecule has 0 atom stereocenters. The molecule has 1 heterocycles. The topological polar surface area (TPSA) is 50.7 Å². The van der Waals surface area contributed by atoms with E-state index in [0.717, 1.165) is 14.9 Å². The van der Waals surface area contributed by atoms with Crippen LogP contribution in [-0.2, 0) is 11.2 Å². The molecule has 0 bridgehead atoms. The zero-order chi connectivity index (χ0) is 14.4. The molecule has 1 amide bonds. The maximum atomic E-state index is 11.7. The molecule has 2 rings (SSSR count). The van der Waals surface area contributed by atoms with E-state index in [0.29, 0.717) is 12.2 Å². The van der Waals surface area contributed by atoms with Crippen LogP contribution in [0.2, 0.25) is 0 Å². The van der Waals surface area contributed by atoms with Crippen molar-refractivity contribution < 1.29 is 9.53 Å². The Balaban J connectivity index is 1.96. The summed E-state index contributed by atoms with van der Waals surface area (Å²) in [6, 6.07) is 9.42. The maximum absolute atomic E-state index is 11.7. The summed E-state index contributed by atoms with van der Waals surface area (Å²) >= 11 is 4.93. The molecule has 0 radical (unpaired) electrons. The van der Waals surface area contributed by atoms with E-state index in [1.165, 1.54) is 0 Å². The number of amides is 1. The fourth-order valence-electron chi connectivity index (χ4n) is 1.59. The number of ether oxygens (including phenoxy) is 1. The van der Waals surface area contributed by atoms with Crippen molar-refractivity contribution in [2.45, 2.75) is 6.42 Å². The van der Waals surface area contributed by atoms with Gasteiger partial charge in [0.05, 0.1) is 19.7 Å². The predicted molar refractivity (Wildman–Crippen MR) is 84.5 cm³/mol. The summed E-state index contributed by atoms with van der Waals surface area (Å²) in [6.45, 7) is 0. The zero-order valence-electron chi connectivity index (χ0n) is 10.8. The van der Waals surface area contributed by atoms with Crippen molar-refractivity contribution in [3.63, 3.8) is 0 Å². The highest BCUT2D eigenvalue weighted by Gasteiger charge is 2.03. The second-order valence-electron chi connectivity index (χ2n) is 3.94. The molecule has 0 spiro atoms. The number of nitrogens with zero attached hydrogens (tertiary/aromatic N) is 1. The van der Waals surface area contributed by atoms with Gasteiger partial charge in [-0.3, -0.25) is 4.79 Å². The van der Waals surface area contributed by atoms with E-state index < -0.39 is 0 Å². The Kier molecular flexibility index (Phi) is 5.31. The molecule has 2 aromatic rings. The third-order valence-corrected chi connectivity index (χ3v) is 3.87. The van der Waals surface area contributed by atoms with Gasteiger partial charge in [0.15, 0.2) is 0 Å². The second kappa shape index (κ2) is 7.21. The number of hydrogen-bond acceptors (Lipinski definition) is 4. The van der Waals surface area contributed by atoms with Gasteiger partial charge in [-0.1, -0.05) is 22.0 Å². The van der Waals surface area contributed by atoms with Crippen LogP contribution in [-0.4, -0.2) is 19.2 Å². The lowest BCUT2D eigenvalue weighted by Crippen LogP contribution is -2.19. The van der Waals surface area contributed by atoms with Gasteiger partial charge in [0.1, 0.15) is 5.75 Å². The van der Waals surface area contributed by atoms with E-state index in [1.807, 2.05) is 35.7 Å². The second-order valence-corrected chi connectivity index (χ2v) is 5.88. The quantitative estimate of drug-likeness (QED) is 0.663. The minimum atomic E-state index is -0.141. The van der Waals surface area contributed by atoms with Crippen LogP contribution < -0.4 is 10.2 Å². The third-order valence-electron chi connectivity index (χ3n) is 2.50. The van der Waals surface area contributed by atoms with Crippen molar-refractivity contribution in [3.05, 3.63) is 50.6 Å². The monoisotopic (exact) mass is 352 g/mol. The van der Waals surface area contributed by atoms with Gasteiger partial charge in [-0.25, -0.2) is 5.43 Å². The molecular formula is C14H13BrN2O2S. The standard InChI is InChI=1S/C14H13BrN2O2S/c1-19-13-5-4-11(15)7-10(13)9-16-17-14(18)8-12-3-2-6-20-12/h2-7,9H,8H2,1H3,(H,17,18)/b16-9+. The Morgan fingerprint density at radius 2 is 2.35 bits per heavy atom. The van der Waals surface area contributed by atoms with Crippen molar-refractivity contribution in [2.24, 2.45) is 5.10 Å². The van der Waals surface area contributed by atoms with E-state index in [4.69, 9.17) is 4.74 Å². The average molecular weight is 353 g/mol. The molecule has 1 N–H and O–H groups in total. The highest BCUT2D eigenvalue weighted by molar-refractivity contribution is 9.10. The van der Waals surface area contributed by atoms with Gasteiger partial charge in [0.25, 0.3) is 0 Å². The molecule has 104 valence electrons. The first-order chi connectivity index (χ1) is 9.69. The van der Waals surface area contributed by atoms with Gasteiger partial charge < -0.3 is 4.74 Å². The molecule has 0 aliphatic heterocycles.